The van der Waals surface area contributed by atoms with Gasteiger partial charge in [-0.3, -0.25) is 4.99 Å². The number of aliphatic imine (C=N–C) groups is 1. The molecular weight excluding hydrogens is 396 g/mol. The zero-order chi connectivity index (χ0) is 22.3. The highest BCUT2D eigenvalue weighted by molar-refractivity contribution is 5.79. The number of aryl methyl sites for hydroxylation is 1. The molecular formula is C23H34N4O4. The van der Waals surface area contributed by atoms with Gasteiger partial charge in [-0.15, -0.1) is 0 Å². The van der Waals surface area contributed by atoms with Crippen molar-refractivity contribution in [3.05, 3.63) is 53.2 Å². The molecule has 0 atom stereocenters. The van der Waals surface area contributed by atoms with Crippen LogP contribution in [0.2, 0.25) is 0 Å². The van der Waals surface area contributed by atoms with Crippen molar-refractivity contribution in [2.75, 3.05) is 47.2 Å². The third-order valence-corrected chi connectivity index (χ3v) is 4.40. The van der Waals surface area contributed by atoms with E-state index in [2.05, 4.69) is 32.7 Å². The fourth-order valence-electron chi connectivity index (χ4n) is 2.79. The first kappa shape index (κ1) is 24.4. The standard InChI is InChI=1S/C23H34N4O4/c1-5-29-12-14-30-21-15-18(2)8-9-19(21)16-26-23(24-3)27-17-20-7-6-10-25-22(20)31-13-11-28-4/h6-10,15H,5,11-14,16-17H2,1-4H3,(H2,24,26,27). The molecule has 0 unspecified atom stereocenters. The Hall–Kier alpha value is -2.84. The molecule has 2 aromatic rings. The Balaban J connectivity index is 1.92. The van der Waals surface area contributed by atoms with Gasteiger partial charge in [-0.25, -0.2) is 4.98 Å². The summed E-state index contributed by atoms with van der Waals surface area (Å²) in [6.07, 6.45) is 1.71. The fraction of sp³-hybridized carbons (Fsp3) is 0.478. The van der Waals surface area contributed by atoms with Crippen molar-refractivity contribution in [2.24, 2.45) is 4.99 Å². The number of nitrogens with one attached hydrogen (secondary N) is 2. The summed E-state index contributed by atoms with van der Waals surface area (Å²) in [7, 11) is 3.38. The number of hydrogen-bond donors (Lipinski definition) is 2. The minimum atomic E-state index is 0.451. The summed E-state index contributed by atoms with van der Waals surface area (Å²) >= 11 is 0. The predicted molar refractivity (Wildman–Crippen MR) is 122 cm³/mol. The van der Waals surface area contributed by atoms with Gasteiger partial charge in [0, 0.05) is 51.2 Å². The number of rotatable bonds is 13. The number of nitrogens with zero attached hydrogens (tertiary/aromatic N) is 2. The molecule has 0 radical (unpaired) electrons. The Labute approximate surface area is 185 Å². The molecule has 0 aliphatic rings. The van der Waals surface area contributed by atoms with Crippen LogP contribution in [0.1, 0.15) is 23.6 Å². The molecule has 1 heterocycles. The first-order valence-corrected chi connectivity index (χ1v) is 10.5. The van der Waals surface area contributed by atoms with Gasteiger partial charge in [0.25, 0.3) is 0 Å². The van der Waals surface area contributed by atoms with Crippen LogP contribution in [0, 0.1) is 6.92 Å². The number of benzene rings is 1. The number of ether oxygens (including phenoxy) is 4. The minimum Gasteiger partial charge on any atom is -0.491 e. The highest BCUT2D eigenvalue weighted by Gasteiger charge is 2.08. The van der Waals surface area contributed by atoms with E-state index in [4.69, 9.17) is 18.9 Å². The normalized spacial score (nSPS) is 11.3. The first-order chi connectivity index (χ1) is 15.2. The van der Waals surface area contributed by atoms with Gasteiger partial charge in [0.2, 0.25) is 5.88 Å². The predicted octanol–water partition coefficient (Wildman–Crippen LogP) is 2.70. The fourth-order valence-corrected chi connectivity index (χ4v) is 2.79. The highest BCUT2D eigenvalue weighted by atomic mass is 16.5. The number of pyridine rings is 1. The molecule has 0 spiro atoms. The van der Waals surface area contributed by atoms with Crippen molar-refractivity contribution in [2.45, 2.75) is 26.9 Å². The molecule has 8 heteroatoms. The number of aromatic nitrogens is 1. The van der Waals surface area contributed by atoms with E-state index in [0.29, 0.717) is 58.0 Å². The van der Waals surface area contributed by atoms with Crippen LogP contribution in [0.15, 0.2) is 41.5 Å². The highest BCUT2D eigenvalue weighted by Crippen LogP contribution is 2.20. The molecule has 8 nitrogen and oxygen atoms in total. The van der Waals surface area contributed by atoms with E-state index in [0.717, 1.165) is 22.4 Å². The summed E-state index contributed by atoms with van der Waals surface area (Å²) in [5.41, 5.74) is 3.14. The van der Waals surface area contributed by atoms with Crippen LogP contribution in [0.25, 0.3) is 0 Å². The zero-order valence-electron chi connectivity index (χ0n) is 18.9. The minimum absolute atomic E-state index is 0.451. The molecule has 0 fully saturated rings. The Morgan fingerprint density at radius 3 is 2.52 bits per heavy atom. The van der Waals surface area contributed by atoms with E-state index in [9.17, 15) is 0 Å². The maximum absolute atomic E-state index is 5.92. The number of guanidine groups is 1. The van der Waals surface area contributed by atoms with Crippen molar-refractivity contribution >= 4 is 5.96 Å². The quantitative estimate of drug-likeness (QED) is 0.287. The van der Waals surface area contributed by atoms with Gasteiger partial charge in [0.05, 0.1) is 13.2 Å². The molecule has 0 saturated carbocycles. The molecule has 0 amide bonds. The van der Waals surface area contributed by atoms with E-state index in [1.54, 1.807) is 20.4 Å². The van der Waals surface area contributed by atoms with Crippen LogP contribution in [-0.4, -0.2) is 58.1 Å². The molecule has 1 aromatic carbocycles. The summed E-state index contributed by atoms with van der Waals surface area (Å²) in [5, 5.41) is 6.64. The Morgan fingerprint density at radius 2 is 1.77 bits per heavy atom. The zero-order valence-corrected chi connectivity index (χ0v) is 18.9. The van der Waals surface area contributed by atoms with Gasteiger partial charge in [0.1, 0.15) is 19.0 Å². The summed E-state index contributed by atoms with van der Waals surface area (Å²) in [6.45, 7) is 7.86. The lowest BCUT2D eigenvalue weighted by atomic mass is 10.1. The Bertz CT molecular complexity index is 814. The Kier molecular flexibility index (Phi) is 11.2. The lowest BCUT2D eigenvalue weighted by molar-refractivity contribution is 0.110. The van der Waals surface area contributed by atoms with Crippen LogP contribution < -0.4 is 20.1 Å². The second-order valence-corrected chi connectivity index (χ2v) is 6.74. The van der Waals surface area contributed by atoms with E-state index in [-0.39, 0.29) is 0 Å². The van der Waals surface area contributed by atoms with Gasteiger partial charge in [0.15, 0.2) is 5.96 Å². The summed E-state index contributed by atoms with van der Waals surface area (Å²) in [5.74, 6) is 2.11. The number of hydrogen-bond acceptors (Lipinski definition) is 6. The molecule has 170 valence electrons. The van der Waals surface area contributed by atoms with E-state index < -0.39 is 0 Å². The maximum atomic E-state index is 5.92. The van der Waals surface area contributed by atoms with E-state index in [1.807, 2.05) is 32.0 Å². The molecule has 0 saturated heterocycles. The molecule has 2 N–H and O–H groups in total. The summed E-state index contributed by atoms with van der Waals surface area (Å²) in [6, 6.07) is 10.0. The summed E-state index contributed by atoms with van der Waals surface area (Å²) < 4.78 is 22.0. The second-order valence-electron chi connectivity index (χ2n) is 6.74. The van der Waals surface area contributed by atoms with Crippen LogP contribution in [-0.2, 0) is 22.6 Å². The van der Waals surface area contributed by atoms with Crippen molar-refractivity contribution < 1.29 is 18.9 Å². The molecule has 0 bridgehead atoms. The lowest BCUT2D eigenvalue weighted by Gasteiger charge is -2.16. The average molecular weight is 431 g/mol. The van der Waals surface area contributed by atoms with Crippen molar-refractivity contribution in [1.29, 1.82) is 0 Å². The lowest BCUT2D eigenvalue weighted by Crippen LogP contribution is -2.36. The average Bonchev–Trinajstić information content (AvgIpc) is 2.79. The smallest absolute Gasteiger partial charge is 0.218 e. The monoisotopic (exact) mass is 430 g/mol. The maximum Gasteiger partial charge on any atom is 0.218 e. The van der Waals surface area contributed by atoms with Crippen molar-refractivity contribution in [3.8, 4) is 11.6 Å². The topological polar surface area (TPSA) is 86.2 Å². The van der Waals surface area contributed by atoms with E-state index in [1.165, 1.54) is 0 Å². The van der Waals surface area contributed by atoms with Crippen LogP contribution in [0.3, 0.4) is 0 Å². The van der Waals surface area contributed by atoms with E-state index >= 15 is 0 Å². The number of methoxy groups -OCH3 is 1. The van der Waals surface area contributed by atoms with Crippen molar-refractivity contribution in [1.82, 2.24) is 15.6 Å². The molecule has 1 aromatic heterocycles. The first-order valence-electron chi connectivity index (χ1n) is 10.5. The third-order valence-electron chi connectivity index (χ3n) is 4.40. The van der Waals surface area contributed by atoms with Gasteiger partial charge in [-0.05, 0) is 31.5 Å². The molecule has 2 rings (SSSR count). The molecule has 0 aliphatic carbocycles. The Morgan fingerprint density at radius 1 is 1.00 bits per heavy atom. The SMILES string of the molecule is CCOCCOc1cc(C)ccc1CNC(=NC)NCc1cccnc1OCCOC. The van der Waals surface area contributed by atoms with Crippen LogP contribution in [0.5, 0.6) is 11.6 Å². The van der Waals surface area contributed by atoms with Gasteiger partial charge < -0.3 is 29.6 Å². The van der Waals surface area contributed by atoms with Gasteiger partial charge in [-0.2, -0.15) is 0 Å². The molecule has 31 heavy (non-hydrogen) atoms. The third kappa shape index (κ3) is 8.82. The van der Waals surface area contributed by atoms with Crippen LogP contribution >= 0.6 is 0 Å². The van der Waals surface area contributed by atoms with Gasteiger partial charge in [-0.1, -0.05) is 18.2 Å². The summed E-state index contributed by atoms with van der Waals surface area (Å²) in [4.78, 5) is 8.61. The van der Waals surface area contributed by atoms with Crippen molar-refractivity contribution in [3.63, 3.8) is 0 Å². The largest absolute Gasteiger partial charge is 0.491 e. The van der Waals surface area contributed by atoms with Crippen LogP contribution in [0.4, 0.5) is 0 Å². The molecule has 0 aliphatic heterocycles. The van der Waals surface area contributed by atoms with Gasteiger partial charge >= 0.3 is 0 Å². The second kappa shape index (κ2) is 14.2.